The number of benzene rings is 3. The highest BCUT2D eigenvalue weighted by atomic mass is 16.5. The Bertz CT molecular complexity index is 1490. The minimum Gasteiger partial charge on any atom is -0.452 e. The summed E-state index contributed by atoms with van der Waals surface area (Å²) in [5.41, 5.74) is 5.44. The number of para-hydroxylation sites is 1. The first kappa shape index (κ1) is 25.1. The molecule has 0 bridgehead atoms. The first-order chi connectivity index (χ1) is 18.5. The van der Waals surface area contributed by atoms with Crippen LogP contribution in [0.2, 0.25) is 0 Å². The summed E-state index contributed by atoms with van der Waals surface area (Å²) < 4.78 is 5.52. The van der Waals surface area contributed by atoms with E-state index in [-0.39, 0.29) is 5.91 Å². The Hall–Kier alpha value is -4.56. The number of nitrogens with one attached hydrogen (secondary N) is 3. The molecule has 38 heavy (non-hydrogen) atoms. The molecule has 1 unspecified atom stereocenters. The number of fused-ring (bicyclic) bond motifs is 2. The molecule has 0 fully saturated rings. The van der Waals surface area contributed by atoms with Crippen molar-refractivity contribution in [3.8, 4) is 0 Å². The Morgan fingerprint density at radius 2 is 1.58 bits per heavy atom. The molecule has 3 N–H and O–H groups in total. The van der Waals surface area contributed by atoms with Gasteiger partial charge in [-0.1, -0.05) is 48.5 Å². The lowest BCUT2D eigenvalue weighted by Gasteiger charge is -2.27. The van der Waals surface area contributed by atoms with Gasteiger partial charge in [0.15, 0.2) is 6.61 Å². The van der Waals surface area contributed by atoms with Crippen molar-refractivity contribution in [2.75, 3.05) is 23.8 Å². The second-order valence-electron chi connectivity index (χ2n) is 9.40. The molecule has 0 saturated heterocycles. The van der Waals surface area contributed by atoms with E-state index in [1.807, 2.05) is 42.5 Å². The molecule has 1 aliphatic heterocycles. The van der Waals surface area contributed by atoms with Crippen LogP contribution in [0.1, 0.15) is 34.1 Å². The van der Waals surface area contributed by atoms with Gasteiger partial charge in [0.25, 0.3) is 5.91 Å². The number of ether oxygens (including phenoxy) is 1. The van der Waals surface area contributed by atoms with Crippen molar-refractivity contribution in [2.24, 2.45) is 0 Å². The lowest BCUT2D eigenvalue weighted by molar-refractivity contribution is -0.929. The van der Waals surface area contributed by atoms with Crippen LogP contribution < -0.4 is 15.5 Å². The molecule has 4 aromatic rings. The molecule has 8 nitrogen and oxygen atoms in total. The molecular weight excluding hydrogens is 480 g/mol. The maximum Gasteiger partial charge on any atom is 0.339 e. The fourth-order valence-corrected chi connectivity index (χ4v) is 4.84. The predicted octanol–water partition coefficient (Wildman–Crippen LogP) is 3.13. The van der Waals surface area contributed by atoms with Crippen LogP contribution >= 0.6 is 0 Å². The number of hydrogen-bond acceptors (Lipinski definition) is 5. The third-order valence-corrected chi connectivity index (χ3v) is 6.55. The summed E-state index contributed by atoms with van der Waals surface area (Å²) in [5.74, 6) is -1.16. The highest BCUT2D eigenvalue weighted by Crippen LogP contribution is 2.26. The maximum absolute atomic E-state index is 13.4. The van der Waals surface area contributed by atoms with Crippen molar-refractivity contribution in [1.29, 1.82) is 0 Å². The number of esters is 1. The number of rotatable bonds is 7. The van der Waals surface area contributed by atoms with E-state index < -0.39 is 18.5 Å². The van der Waals surface area contributed by atoms with Crippen LogP contribution in [0, 0.1) is 0 Å². The van der Waals surface area contributed by atoms with E-state index >= 15 is 0 Å². The predicted molar refractivity (Wildman–Crippen MR) is 145 cm³/mol. The summed E-state index contributed by atoms with van der Waals surface area (Å²) >= 11 is 0. The third-order valence-electron chi connectivity index (χ3n) is 6.55. The van der Waals surface area contributed by atoms with Crippen molar-refractivity contribution < 1.29 is 24.0 Å². The summed E-state index contributed by atoms with van der Waals surface area (Å²) in [6.07, 6.45) is 0.761. The highest BCUT2D eigenvalue weighted by molar-refractivity contribution is 6.06. The minimum absolute atomic E-state index is 0.177. The van der Waals surface area contributed by atoms with E-state index in [4.69, 9.17) is 9.72 Å². The molecule has 1 aliphatic rings. The zero-order valence-electron chi connectivity index (χ0n) is 21.1. The zero-order chi connectivity index (χ0) is 26.5. The summed E-state index contributed by atoms with van der Waals surface area (Å²) in [6.45, 7) is 3.43. The number of amides is 2. The Morgan fingerprint density at radius 3 is 2.32 bits per heavy atom. The molecule has 0 aliphatic carbocycles. The number of aromatic nitrogens is 1. The van der Waals surface area contributed by atoms with Crippen LogP contribution in [-0.2, 0) is 33.8 Å². The van der Waals surface area contributed by atoms with Gasteiger partial charge in [0, 0.05) is 41.2 Å². The largest absolute Gasteiger partial charge is 0.452 e. The molecule has 0 spiro atoms. The summed E-state index contributed by atoms with van der Waals surface area (Å²) in [4.78, 5) is 43.3. The van der Waals surface area contributed by atoms with Gasteiger partial charge < -0.3 is 20.3 Å². The van der Waals surface area contributed by atoms with E-state index in [0.29, 0.717) is 23.5 Å². The first-order valence-electron chi connectivity index (χ1n) is 12.6. The zero-order valence-corrected chi connectivity index (χ0v) is 21.1. The van der Waals surface area contributed by atoms with Crippen molar-refractivity contribution in [3.63, 3.8) is 0 Å². The second-order valence-corrected chi connectivity index (χ2v) is 9.40. The molecule has 2 amide bonds. The third kappa shape index (κ3) is 5.87. The van der Waals surface area contributed by atoms with Crippen molar-refractivity contribution in [2.45, 2.75) is 26.4 Å². The fourth-order valence-electron chi connectivity index (χ4n) is 4.84. The lowest BCUT2D eigenvalue weighted by Crippen LogP contribution is -3.10. The van der Waals surface area contributed by atoms with Gasteiger partial charge in [-0.25, -0.2) is 4.79 Å². The van der Waals surface area contributed by atoms with Crippen LogP contribution in [0.25, 0.3) is 10.9 Å². The van der Waals surface area contributed by atoms with E-state index in [1.165, 1.54) is 17.4 Å². The highest BCUT2D eigenvalue weighted by Gasteiger charge is 2.29. The van der Waals surface area contributed by atoms with Gasteiger partial charge in [0.1, 0.15) is 13.1 Å². The average Bonchev–Trinajstić information content (AvgIpc) is 2.92. The van der Waals surface area contributed by atoms with Crippen molar-refractivity contribution >= 4 is 40.1 Å². The molecular formula is C30H29N4O4+. The summed E-state index contributed by atoms with van der Waals surface area (Å²) in [6, 6.07) is 24.6. The monoisotopic (exact) mass is 509 g/mol. The number of carbonyl (C=O) groups excluding carboxylic acids is 3. The minimum atomic E-state index is -0.531. The fraction of sp³-hybridized carbons (Fsp3) is 0.200. The van der Waals surface area contributed by atoms with Crippen LogP contribution in [0.15, 0.2) is 78.9 Å². The van der Waals surface area contributed by atoms with Gasteiger partial charge in [0.05, 0.1) is 23.3 Å². The number of nitrogens with zero attached hydrogens (tertiary/aromatic N) is 1. The van der Waals surface area contributed by atoms with Crippen LogP contribution in [-0.4, -0.2) is 35.9 Å². The molecule has 5 rings (SSSR count). The SMILES string of the molecule is CC(=O)Nc1ccc(NC(=O)COC(=O)c2c3c(nc4ccccc24)CC[NH+](Cc2ccccc2)C3)cc1. The van der Waals surface area contributed by atoms with Crippen molar-refractivity contribution in [3.05, 3.63) is 101 Å². The van der Waals surface area contributed by atoms with Gasteiger partial charge in [-0.05, 0) is 30.3 Å². The Balaban J connectivity index is 1.32. The van der Waals surface area contributed by atoms with Gasteiger partial charge in [0.2, 0.25) is 5.91 Å². The van der Waals surface area contributed by atoms with E-state index in [0.717, 1.165) is 41.7 Å². The molecule has 0 radical (unpaired) electrons. The Morgan fingerprint density at radius 1 is 0.895 bits per heavy atom. The van der Waals surface area contributed by atoms with Gasteiger partial charge in [-0.15, -0.1) is 0 Å². The Kier molecular flexibility index (Phi) is 7.42. The number of quaternary nitrogens is 1. The van der Waals surface area contributed by atoms with E-state index in [2.05, 4.69) is 22.8 Å². The average molecular weight is 510 g/mol. The number of pyridine rings is 1. The molecule has 0 saturated carbocycles. The normalized spacial score (nSPS) is 14.4. The topological polar surface area (TPSA) is 102 Å². The number of carbonyl (C=O) groups is 3. The molecule has 192 valence electrons. The molecule has 2 heterocycles. The van der Waals surface area contributed by atoms with E-state index in [9.17, 15) is 14.4 Å². The first-order valence-corrected chi connectivity index (χ1v) is 12.6. The van der Waals surface area contributed by atoms with Gasteiger partial charge in [-0.3, -0.25) is 14.6 Å². The van der Waals surface area contributed by atoms with Crippen molar-refractivity contribution in [1.82, 2.24) is 4.98 Å². The van der Waals surface area contributed by atoms with Gasteiger partial charge >= 0.3 is 5.97 Å². The molecule has 8 heteroatoms. The van der Waals surface area contributed by atoms with Crippen LogP contribution in [0.4, 0.5) is 11.4 Å². The number of anilines is 2. The summed E-state index contributed by atoms with van der Waals surface area (Å²) in [5, 5.41) is 6.12. The smallest absolute Gasteiger partial charge is 0.339 e. The molecule has 1 atom stereocenters. The summed E-state index contributed by atoms with van der Waals surface area (Å²) in [7, 11) is 0. The standard InChI is InChI=1S/C30H28N4O4/c1-20(35)31-22-11-13-23(14-12-22)32-28(36)19-38-30(37)29-24-9-5-6-10-26(24)33-27-15-16-34(18-25(27)29)17-21-7-3-2-4-8-21/h2-14H,15-19H2,1H3,(H,31,35)(H,32,36)/p+1. The lowest BCUT2D eigenvalue weighted by atomic mass is 9.95. The van der Waals surface area contributed by atoms with Crippen LogP contribution in [0.3, 0.4) is 0 Å². The quantitative estimate of drug-likeness (QED) is 0.332. The van der Waals surface area contributed by atoms with Gasteiger partial charge in [-0.2, -0.15) is 0 Å². The van der Waals surface area contributed by atoms with E-state index in [1.54, 1.807) is 24.3 Å². The Labute approximate surface area is 220 Å². The molecule has 3 aromatic carbocycles. The van der Waals surface area contributed by atoms with Crippen LogP contribution in [0.5, 0.6) is 0 Å². The maximum atomic E-state index is 13.4. The number of hydrogen-bond donors (Lipinski definition) is 3. The second kappa shape index (κ2) is 11.2. The molecule has 1 aromatic heterocycles.